The molecule has 0 aromatic heterocycles. The molecule has 1 aliphatic heterocycles. The minimum Gasteiger partial charge on any atom is -0.393 e. The third-order valence-corrected chi connectivity index (χ3v) is 3.21. The summed E-state index contributed by atoms with van der Waals surface area (Å²) in [7, 11) is 1.70. The van der Waals surface area contributed by atoms with Crippen LogP contribution in [0.2, 0.25) is 0 Å². The van der Waals surface area contributed by atoms with Crippen molar-refractivity contribution < 1.29 is 14.6 Å². The first-order chi connectivity index (χ1) is 7.24. The molecule has 1 N–H and O–H groups in total. The quantitative estimate of drug-likeness (QED) is 0.738. The van der Waals surface area contributed by atoms with Crippen LogP contribution in [0.3, 0.4) is 0 Å². The van der Waals surface area contributed by atoms with Gasteiger partial charge < -0.3 is 14.6 Å². The number of aliphatic hydroxyl groups is 1. The van der Waals surface area contributed by atoms with Gasteiger partial charge in [-0.05, 0) is 38.0 Å². The number of hydrogen-bond donors (Lipinski definition) is 1. The van der Waals surface area contributed by atoms with Crippen molar-refractivity contribution >= 4 is 0 Å². The maximum absolute atomic E-state index is 9.96. The minimum atomic E-state index is -0.247. The molecule has 3 nitrogen and oxygen atoms in total. The number of aliphatic hydroxyl groups excluding tert-OH is 1. The van der Waals surface area contributed by atoms with Gasteiger partial charge in [0, 0.05) is 20.3 Å². The van der Waals surface area contributed by atoms with Crippen molar-refractivity contribution in [2.24, 2.45) is 5.92 Å². The molecule has 1 saturated heterocycles. The molecule has 0 radical (unpaired) electrons. The van der Waals surface area contributed by atoms with Crippen LogP contribution in [0.15, 0.2) is 0 Å². The van der Waals surface area contributed by atoms with Gasteiger partial charge in [0.15, 0.2) is 0 Å². The van der Waals surface area contributed by atoms with Crippen LogP contribution in [0.5, 0.6) is 0 Å². The van der Waals surface area contributed by atoms with Gasteiger partial charge in [0.1, 0.15) is 0 Å². The molecule has 0 spiro atoms. The van der Waals surface area contributed by atoms with Gasteiger partial charge >= 0.3 is 0 Å². The van der Waals surface area contributed by atoms with Crippen LogP contribution in [0.4, 0.5) is 0 Å². The summed E-state index contributed by atoms with van der Waals surface area (Å²) in [5, 5.41) is 9.96. The van der Waals surface area contributed by atoms with Crippen LogP contribution < -0.4 is 0 Å². The molecule has 3 atom stereocenters. The Balaban J connectivity index is 2.17. The molecule has 0 aromatic rings. The van der Waals surface area contributed by atoms with E-state index in [9.17, 15) is 5.11 Å². The van der Waals surface area contributed by atoms with Gasteiger partial charge in [-0.2, -0.15) is 0 Å². The lowest BCUT2D eigenvalue weighted by atomic mass is 9.94. The molecule has 0 aliphatic carbocycles. The van der Waals surface area contributed by atoms with Crippen LogP contribution in [-0.2, 0) is 9.47 Å². The number of hydrogen-bond acceptors (Lipinski definition) is 3. The largest absolute Gasteiger partial charge is 0.393 e. The summed E-state index contributed by atoms with van der Waals surface area (Å²) in [6.45, 7) is 3.67. The third kappa shape index (κ3) is 4.96. The predicted molar refractivity (Wildman–Crippen MR) is 59.9 cm³/mol. The van der Waals surface area contributed by atoms with E-state index in [0.29, 0.717) is 5.92 Å². The molecule has 0 amide bonds. The van der Waals surface area contributed by atoms with Crippen molar-refractivity contribution in [3.05, 3.63) is 0 Å². The normalized spacial score (nSPS) is 26.2. The van der Waals surface area contributed by atoms with E-state index in [1.54, 1.807) is 7.11 Å². The lowest BCUT2D eigenvalue weighted by molar-refractivity contribution is -0.0284. The topological polar surface area (TPSA) is 38.7 Å². The Morgan fingerprint density at radius 1 is 1.47 bits per heavy atom. The smallest absolute Gasteiger partial charge is 0.0599 e. The number of rotatable bonds is 6. The average molecular weight is 216 g/mol. The Morgan fingerprint density at radius 3 is 2.87 bits per heavy atom. The lowest BCUT2D eigenvalue weighted by Crippen LogP contribution is -2.28. The zero-order valence-electron chi connectivity index (χ0n) is 9.95. The standard InChI is InChI=1S/C12H24O3/c1-10(6-8-14-2)12(13)9-11-5-3-4-7-15-11/h10-13H,3-9H2,1-2H3. The summed E-state index contributed by atoms with van der Waals surface area (Å²) in [5.74, 6) is 0.301. The molecule has 1 rings (SSSR count). The van der Waals surface area contributed by atoms with Crippen LogP contribution >= 0.6 is 0 Å². The van der Waals surface area contributed by atoms with Gasteiger partial charge in [-0.15, -0.1) is 0 Å². The van der Waals surface area contributed by atoms with Crippen molar-refractivity contribution in [3.8, 4) is 0 Å². The molecule has 1 aliphatic rings. The van der Waals surface area contributed by atoms with E-state index in [1.165, 1.54) is 12.8 Å². The SMILES string of the molecule is COCCC(C)C(O)CC1CCCCO1. The van der Waals surface area contributed by atoms with E-state index >= 15 is 0 Å². The highest BCUT2D eigenvalue weighted by atomic mass is 16.5. The van der Waals surface area contributed by atoms with Gasteiger partial charge in [-0.25, -0.2) is 0 Å². The van der Waals surface area contributed by atoms with Crippen molar-refractivity contribution in [2.75, 3.05) is 20.3 Å². The Bertz CT molecular complexity index is 155. The summed E-state index contributed by atoms with van der Waals surface area (Å²) in [4.78, 5) is 0. The maximum atomic E-state index is 9.96. The summed E-state index contributed by atoms with van der Waals surface area (Å²) in [6, 6.07) is 0. The molecule has 0 aromatic carbocycles. The van der Waals surface area contributed by atoms with Crippen molar-refractivity contribution in [2.45, 2.75) is 51.2 Å². The lowest BCUT2D eigenvalue weighted by Gasteiger charge is -2.27. The first-order valence-electron chi connectivity index (χ1n) is 6.02. The fourth-order valence-corrected chi connectivity index (χ4v) is 1.99. The maximum Gasteiger partial charge on any atom is 0.0599 e. The summed E-state index contributed by atoms with van der Waals surface area (Å²) >= 11 is 0. The zero-order valence-corrected chi connectivity index (χ0v) is 9.95. The molecule has 90 valence electrons. The van der Waals surface area contributed by atoms with Gasteiger partial charge in [-0.3, -0.25) is 0 Å². The van der Waals surface area contributed by atoms with E-state index in [-0.39, 0.29) is 12.2 Å². The zero-order chi connectivity index (χ0) is 11.1. The van der Waals surface area contributed by atoms with E-state index < -0.39 is 0 Å². The Morgan fingerprint density at radius 2 is 2.27 bits per heavy atom. The predicted octanol–water partition coefficient (Wildman–Crippen LogP) is 1.98. The van der Waals surface area contributed by atoms with E-state index in [1.807, 2.05) is 0 Å². The third-order valence-electron chi connectivity index (χ3n) is 3.21. The summed E-state index contributed by atoms with van der Waals surface area (Å²) in [6.07, 6.45) is 5.25. The summed E-state index contributed by atoms with van der Waals surface area (Å²) in [5.41, 5.74) is 0. The van der Waals surface area contributed by atoms with Crippen LogP contribution in [0, 0.1) is 5.92 Å². The fourth-order valence-electron chi connectivity index (χ4n) is 1.99. The molecule has 1 fully saturated rings. The molecule has 0 bridgehead atoms. The summed E-state index contributed by atoms with van der Waals surface area (Å²) < 4.78 is 10.6. The van der Waals surface area contributed by atoms with Gasteiger partial charge in [-0.1, -0.05) is 6.92 Å². The Kier molecular flexibility index (Phi) is 6.22. The van der Waals surface area contributed by atoms with E-state index in [2.05, 4.69) is 6.92 Å². The Labute approximate surface area is 92.8 Å². The van der Waals surface area contributed by atoms with Gasteiger partial charge in [0.2, 0.25) is 0 Å². The highest BCUT2D eigenvalue weighted by Gasteiger charge is 2.21. The molecular weight excluding hydrogens is 192 g/mol. The highest BCUT2D eigenvalue weighted by molar-refractivity contribution is 4.72. The van der Waals surface area contributed by atoms with E-state index in [0.717, 1.165) is 32.5 Å². The van der Waals surface area contributed by atoms with Crippen molar-refractivity contribution in [1.82, 2.24) is 0 Å². The Hall–Kier alpha value is -0.120. The van der Waals surface area contributed by atoms with Crippen molar-refractivity contribution in [3.63, 3.8) is 0 Å². The molecule has 3 unspecified atom stereocenters. The second-order valence-corrected chi connectivity index (χ2v) is 4.55. The molecule has 0 saturated carbocycles. The monoisotopic (exact) mass is 216 g/mol. The second-order valence-electron chi connectivity index (χ2n) is 4.55. The van der Waals surface area contributed by atoms with Crippen LogP contribution in [0.1, 0.15) is 39.0 Å². The number of ether oxygens (including phenoxy) is 2. The molecule has 1 heterocycles. The fraction of sp³-hybridized carbons (Fsp3) is 1.00. The molecule has 3 heteroatoms. The first kappa shape index (κ1) is 12.9. The highest BCUT2D eigenvalue weighted by Crippen LogP contribution is 2.21. The van der Waals surface area contributed by atoms with Crippen LogP contribution in [0.25, 0.3) is 0 Å². The minimum absolute atomic E-state index is 0.247. The van der Waals surface area contributed by atoms with Gasteiger partial charge in [0.05, 0.1) is 12.2 Å². The average Bonchev–Trinajstić information content (AvgIpc) is 2.27. The first-order valence-corrected chi connectivity index (χ1v) is 6.02. The van der Waals surface area contributed by atoms with Gasteiger partial charge in [0.25, 0.3) is 0 Å². The number of methoxy groups -OCH3 is 1. The van der Waals surface area contributed by atoms with E-state index in [4.69, 9.17) is 9.47 Å². The van der Waals surface area contributed by atoms with Crippen LogP contribution in [-0.4, -0.2) is 37.6 Å². The molecular formula is C12H24O3. The second kappa shape index (κ2) is 7.20. The molecule has 15 heavy (non-hydrogen) atoms. The van der Waals surface area contributed by atoms with Crippen molar-refractivity contribution in [1.29, 1.82) is 0 Å².